The Balaban J connectivity index is 1.91. The molecule has 164 valence electrons. The van der Waals surface area contributed by atoms with Gasteiger partial charge in [-0.3, -0.25) is 14.4 Å². The van der Waals surface area contributed by atoms with Gasteiger partial charge in [-0.15, -0.1) is 0 Å². The third kappa shape index (κ3) is 3.64. The van der Waals surface area contributed by atoms with E-state index < -0.39 is 11.6 Å². The molecule has 30 heavy (non-hydrogen) atoms. The summed E-state index contributed by atoms with van der Waals surface area (Å²) in [7, 11) is 1.82. The van der Waals surface area contributed by atoms with E-state index in [0.29, 0.717) is 18.7 Å². The van der Waals surface area contributed by atoms with Gasteiger partial charge in [0.25, 0.3) is 5.91 Å². The van der Waals surface area contributed by atoms with Crippen molar-refractivity contribution >= 4 is 22.9 Å². The second-order valence-electron chi connectivity index (χ2n) is 9.48. The number of amides is 2. The number of fused-ring (bicyclic) bond motifs is 1. The molecule has 1 aliphatic heterocycles. The van der Waals surface area contributed by atoms with Crippen LogP contribution in [-0.4, -0.2) is 63.5 Å². The first-order valence-corrected chi connectivity index (χ1v) is 10.4. The number of para-hydroxylation sites is 1. The van der Waals surface area contributed by atoms with E-state index in [9.17, 15) is 14.7 Å². The first-order valence-electron chi connectivity index (χ1n) is 10.4. The van der Waals surface area contributed by atoms with E-state index in [1.54, 1.807) is 0 Å². The van der Waals surface area contributed by atoms with Gasteiger partial charge in [0.05, 0.1) is 11.1 Å². The first-order chi connectivity index (χ1) is 14.0. The lowest BCUT2D eigenvalue weighted by molar-refractivity contribution is 0.0321. The molecule has 8 heteroatoms. The molecular formula is C22H33N5O3. The molecule has 1 aromatic heterocycles. The highest BCUT2D eigenvalue weighted by atomic mass is 16.4. The first kappa shape index (κ1) is 22.1. The van der Waals surface area contributed by atoms with Crippen LogP contribution >= 0.6 is 0 Å². The highest BCUT2D eigenvalue weighted by molar-refractivity contribution is 6.05. The van der Waals surface area contributed by atoms with Crippen molar-refractivity contribution in [3.05, 3.63) is 30.0 Å². The molecular weight excluding hydrogens is 382 g/mol. The van der Waals surface area contributed by atoms with Gasteiger partial charge in [0.1, 0.15) is 0 Å². The van der Waals surface area contributed by atoms with E-state index in [0.717, 1.165) is 10.9 Å². The minimum atomic E-state index is -0.966. The van der Waals surface area contributed by atoms with Crippen molar-refractivity contribution in [2.45, 2.75) is 58.7 Å². The van der Waals surface area contributed by atoms with Crippen LogP contribution in [0.25, 0.3) is 10.9 Å². The summed E-state index contributed by atoms with van der Waals surface area (Å²) in [6, 6.07) is 7.51. The summed E-state index contributed by atoms with van der Waals surface area (Å²) in [5.41, 5.74) is 0.364. The quantitative estimate of drug-likeness (QED) is 0.697. The fourth-order valence-corrected chi connectivity index (χ4v) is 4.68. The number of aromatic nitrogens is 2. The smallest absolute Gasteiger partial charge is 0.407 e. The van der Waals surface area contributed by atoms with E-state index in [1.165, 1.54) is 4.90 Å². The van der Waals surface area contributed by atoms with Crippen molar-refractivity contribution in [1.29, 1.82) is 0 Å². The van der Waals surface area contributed by atoms with Crippen molar-refractivity contribution in [1.82, 2.24) is 25.3 Å². The topological polar surface area (TPSA) is 99.5 Å². The summed E-state index contributed by atoms with van der Waals surface area (Å²) < 4.78 is 1.85. The van der Waals surface area contributed by atoms with Crippen molar-refractivity contribution in [3.8, 4) is 0 Å². The summed E-state index contributed by atoms with van der Waals surface area (Å²) in [6.45, 7) is 11.0. The van der Waals surface area contributed by atoms with Crippen LogP contribution in [0.4, 0.5) is 4.79 Å². The number of nitrogens with one attached hydrogen (secondary N) is 2. The van der Waals surface area contributed by atoms with Crippen LogP contribution in [0.1, 0.15) is 57.6 Å². The Bertz CT molecular complexity index is 946. The molecule has 2 aromatic rings. The van der Waals surface area contributed by atoms with Crippen LogP contribution in [0.15, 0.2) is 24.3 Å². The maximum Gasteiger partial charge on any atom is 0.407 e. The molecule has 2 heterocycles. The molecule has 8 nitrogen and oxygen atoms in total. The third-order valence-corrected chi connectivity index (χ3v) is 6.25. The molecule has 0 spiro atoms. The Morgan fingerprint density at radius 3 is 2.53 bits per heavy atom. The average molecular weight is 416 g/mol. The van der Waals surface area contributed by atoms with Crippen molar-refractivity contribution in [3.63, 3.8) is 0 Å². The number of carboxylic acid groups (broad SMARTS) is 1. The highest BCUT2D eigenvalue weighted by Crippen LogP contribution is 2.43. The Kier molecular flexibility index (Phi) is 5.82. The monoisotopic (exact) mass is 415 g/mol. The summed E-state index contributed by atoms with van der Waals surface area (Å²) in [4.78, 5) is 26.7. The third-order valence-electron chi connectivity index (χ3n) is 6.25. The summed E-state index contributed by atoms with van der Waals surface area (Å²) in [6.07, 6.45) is -0.426. The summed E-state index contributed by atoms with van der Waals surface area (Å²) in [5, 5.41) is 21.5. The molecule has 1 saturated heterocycles. The van der Waals surface area contributed by atoms with Crippen LogP contribution < -0.4 is 10.6 Å². The van der Waals surface area contributed by atoms with Gasteiger partial charge < -0.3 is 15.7 Å². The molecule has 3 N–H and O–H groups in total. The number of benzene rings is 1. The van der Waals surface area contributed by atoms with Crippen LogP contribution in [0, 0.1) is 5.41 Å². The lowest BCUT2D eigenvalue weighted by Gasteiger charge is -2.47. The van der Waals surface area contributed by atoms with Crippen molar-refractivity contribution < 1.29 is 14.7 Å². The molecule has 0 unspecified atom stereocenters. The van der Waals surface area contributed by atoms with E-state index in [2.05, 4.69) is 15.7 Å². The predicted octanol–water partition coefficient (Wildman–Crippen LogP) is 3.10. The number of likely N-dealkylation sites (tertiary alicyclic amines) is 1. The van der Waals surface area contributed by atoms with Crippen LogP contribution in [0.2, 0.25) is 0 Å². The molecule has 1 aliphatic rings. The van der Waals surface area contributed by atoms with E-state index in [-0.39, 0.29) is 30.0 Å². The minimum Gasteiger partial charge on any atom is -0.465 e. The van der Waals surface area contributed by atoms with Gasteiger partial charge in [-0.25, -0.2) is 4.79 Å². The molecule has 2 atom stereocenters. The van der Waals surface area contributed by atoms with E-state index in [1.807, 2.05) is 70.6 Å². The van der Waals surface area contributed by atoms with Gasteiger partial charge in [-0.1, -0.05) is 39.0 Å². The summed E-state index contributed by atoms with van der Waals surface area (Å²) in [5.74, 6) is -0.268. The fourth-order valence-electron chi connectivity index (χ4n) is 4.68. The Labute approximate surface area is 177 Å². The zero-order valence-corrected chi connectivity index (χ0v) is 18.7. The van der Waals surface area contributed by atoms with Gasteiger partial charge in [-0.05, 0) is 38.8 Å². The molecule has 1 fully saturated rings. The van der Waals surface area contributed by atoms with E-state index >= 15 is 0 Å². The number of nitrogens with zero attached hydrogens (tertiary/aromatic N) is 3. The number of likely N-dealkylation sites (N-methyl/N-ethyl adjacent to an activating group) is 1. The molecule has 0 bridgehead atoms. The summed E-state index contributed by atoms with van der Waals surface area (Å²) >= 11 is 0. The van der Waals surface area contributed by atoms with Gasteiger partial charge >= 0.3 is 6.09 Å². The zero-order valence-electron chi connectivity index (χ0n) is 18.7. The lowest BCUT2D eigenvalue weighted by atomic mass is 9.71. The van der Waals surface area contributed by atoms with Gasteiger partial charge in [-0.2, -0.15) is 5.10 Å². The van der Waals surface area contributed by atoms with Crippen LogP contribution in [0.3, 0.4) is 0 Å². The average Bonchev–Trinajstić information content (AvgIpc) is 3.21. The molecule has 0 saturated carbocycles. The van der Waals surface area contributed by atoms with Gasteiger partial charge in [0.2, 0.25) is 0 Å². The Morgan fingerprint density at radius 2 is 1.97 bits per heavy atom. The maximum atomic E-state index is 13.2. The fraction of sp³-hybridized carbons (Fsp3) is 0.591. The second kappa shape index (κ2) is 7.91. The van der Waals surface area contributed by atoms with Crippen molar-refractivity contribution in [2.24, 2.45) is 5.41 Å². The predicted molar refractivity (Wildman–Crippen MR) is 117 cm³/mol. The van der Waals surface area contributed by atoms with Crippen molar-refractivity contribution in [2.75, 3.05) is 20.1 Å². The standard InChI is InChI=1S/C22H33N5O3/c1-14(2)27-17-10-8-7-9-16(17)18(25-27)19(28)24-15-11-22(13-23-6,21(3,4)5)26(12-15)20(29)30/h7-10,14-15,23H,11-13H2,1-6H3,(H,24,28)(H,29,30)/t15-,22+/m0/s1. The molecule has 0 radical (unpaired) electrons. The normalized spacial score (nSPS) is 22.1. The largest absolute Gasteiger partial charge is 0.465 e. The minimum absolute atomic E-state index is 0.120. The second-order valence-corrected chi connectivity index (χ2v) is 9.48. The number of rotatable bonds is 5. The maximum absolute atomic E-state index is 13.2. The highest BCUT2D eigenvalue weighted by Gasteiger charge is 2.54. The SMILES string of the molecule is CNC[C@@]1(C(C)(C)C)C[C@H](NC(=O)c2nn(C(C)C)c3ccccc23)CN1C(=O)O. The number of carbonyl (C=O) groups is 2. The number of hydrogen-bond donors (Lipinski definition) is 3. The number of hydrogen-bond acceptors (Lipinski definition) is 4. The van der Waals surface area contributed by atoms with Crippen LogP contribution in [-0.2, 0) is 0 Å². The molecule has 2 amide bonds. The molecule has 1 aromatic carbocycles. The lowest BCUT2D eigenvalue weighted by Crippen LogP contribution is -2.60. The number of carbonyl (C=O) groups excluding carboxylic acids is 1. The molecule has 3 rings (SSSR count). The Hall–Kier alpha value is -2.61. The Morgan fingerprint density at radius 1 is 1.30 bits per heavy atom. The van der Waals surface area contributed by atoms with Gasteiger partial charge in [0.15, 0.2) is 5.69 Å². The molecule has 0 aliphatic carbocycles. The van der Waals surface area contributed by atoms with Crippen LogP contribution in [0.5, 0.6) is 0 Å². The zero-order chi connectivity index (χ0) is 22.3. The van der Waals surface area contributed by atoms with Gasteiger partial charge in [0, 0.05) is 30.6 Å². The van der Waals surface area contributed by atoms with E-state index in [4.69, 9.17) is 0 Å².